The normalized spacial score (nSPS) is 10.4. The Morgan fingerprint density at radius 2 is 1.52 bits per heavy atom. The first-order valence-corrected chi connectivity index (χ1v) is 9.93. The maximum absolute atomic E-state index is 12.5. The van der Waals surface area contributed by atoms with E-state index < -0.39 is 0 Å². The quantitative estimate of drug-likeness (QED) is 0.392. The summed E-state index contributed by atoms with van der Waals surface area (Å²) >= 11 is 0. The number of pyridine rings is 1. The molecule has 1 amide bonds. The van der Waals surface area contributed by atoms with Gasteiger partial charge in [-0.25, -0.2) is 4.98 Å². The van der Waals surface area contributed by atoms with Crippen molar-refractivity contribution in [2.45, 2.75) is 13.8 Å². The molecular formula is C26H22N2O3. The number of nitrogens with zero attached hydrogens (tertiary/aromatic N) is 1. The van der Waals surface area contributed by atoms with Crippen molar-refractivity contribution in [1.29, 1.82) is 0 Å². The van der Waals surface area contributed by atoms with Crippen molar-refractivity contribution in [3.8, 4) is 23.1 Å². The molecule has 154 valence electrons. The fourth-order valence-corrected chi connectivity index (χ4v) is 2.96. The molecular weight excluding hydrogens is 388 g/mol. The molecule has 1 heterocycles. The molecule has 1 aromatic heterocycles. The number of hydrogen-bond donors (Lipinski definition) is 1. The van der Waals surface area contributed by atoms with E-state index in [2.05, 4.69) is 10.3 Å². The number of para-hydroxylation sites is 1. The third kappa shape index (κ3) is 5.08. The van der Waals surface area contributed by atoms with Crippen molar-refractivity contribution < 1.29 is 14.3 Å². The van der Waals surface area contributed by atoms with Crippen molar-refractivity contribution in [1.82, 2.24) is 4.98 Å². The minimum Gasteiger partial charge on any atom is -0.457 e. The van der Waals surface area contributed by atoms with E-state index in [4.69, 9.17) is 9.47 Å². The van der Waals surface area contributed by atoms with Gasteiger partial charge in [-0.2, -0.15) is 0 Å². The number of carbonyl (C=O) groups is 1. The molecule has 0 aliphatic carbocycles. The van der Waals surface area contributed by atoms with Crippen LogP contribution in [0.5, 0.6) is 23.1 Å². The van der Waals surface area contributed by atoms with Crippen LogP contribution in [0, 0.1) is 13.8 Å². The Balaban J connectivity index is 1.37. The van der Waals surface area contributed by atoms with Gasteiger partial charge in [-0.1, -0.05) is 30.3 Å². The summed E-state index contributed by atoms with van der Waals surface area (Å²) in [6.45, 7) is 4.05. The summed E-state index contributed by atoms with van der Waals surface area (Å²) in [6.07, 6.45) is 1.57. The summed E-state index contributed by atoms with van der Waals surface area (Å²) in [6, 6.07) is 25.8. The summed E-state index contributed by atoms with van der Waals surface area (Å²) in [5.74, 6) is 2.42. The first-order valence-electron chi connectivity index (χ1n) is 9.93. The summed E-state index contributed by atoms with van der Waals surface area (Å²) in [7, 11) is 0. The number of benzene rings is 3. The predicted molar refractivity (Wildman–Crippen MR) is 121 cm³/mol. The lowest BCUT2D eigenvalue weighted by molar-refractivity contribution is 0.102. The Kier molecular flexibility index (Phi) is 5.94. The second-order valence-electron chi connectivity index (χ2n) is 7.08. The van der Waals surface area contributed by atoms with Crippen LogP contribution >= 0.6 is 0 Å². The van der Waals surface area contributed by atoms with Gasteiger partial charge < -0.3 is 14.8 Å². The lowest BCUT2D eigenvalue weighted by Crippen LogP contribution is -2.11. The van der Waals surface area contributed by atoms with Gasteiger partial charge in [0.25, 0.3) is 5.91 Å². The van der Waals surface area contributed by atoms with Gasteiger partial charge in [0, 0.05) is 11.6 Å². The van der Waals surface area contributed by atoms with E-state index in [1.54, 1.807) is 42.6 Å². The highest BCUT2D eigenvalue weighted by Crippen LogP contribution is 2.26. The van der Waals surface area contributed by atoms with Crippen molar-refractivity contribution in [3.63, 3.8) is 0 Å². The molecule has 0 atom stereocenters. The summed E-state index contributed by atoms with van der Waals surface area (Å²) in [5, 5.41) is 2.84. The zero-order valence-corrected chi connectivity index (χ0v) is 17.3. The van der Waals surface area contributed by atoms with E-state index >= 15 is 0 Å². The molecule has 0 radical (unpaired) electrons. The van der Waals surface area contributed by atoms with Gasteiger partial charge in [0.05, 0.1) is 11.9 Å². The van der Waals surface area contributed by atoms with Crippen LogP contribution < -0.4 is 14.8 Å². The standard InChI is InChI=1S/C26H22N2O3/c1-18-7-6-10-24(19(18)2)31-25-16-13-21(17-27-25)28-26(29)20-11-14-23(15-12-20)30-22-8-4-3-5-9-22/h3-17H,1-2H3,(H,28,29). The first-order chi connectivity index (χ1) is 15.1. The predicted octanol–water partition coefficient (Wildman–Crippen LogP) is 6.54. The molecule has 5 heteroatoms. The number of hydrogen-bond acceptors (Lipinski definition) is 4. The van der Waals surface area contributed by atoms with E-state index in [-0.39, 0.29) is 5.91 Å². The van der Waals surface area contributed by atoms with Crippen LogP contribution in [0.15, 0.2) is 91.1 Å². The van der Waals surface area contributed by atoms with E-state index in [0.29, 0.717) is 22.9 Å². The number of aromatic nitrogens is 1. The van der Waals surface area contributed by atoms with E-state index in [1.165, 1.54) is 0 Å². The number of anilines is 1. The van der Waals surface area contributed by atoms with Crippen molar-refractivity contribution in [2.75, 3.05) is 5.32 Å². The molecule has 0 aliphatic heterocycles. The zero-order chi connectivity index (χ0) is 21.6. The van der Waals surface area contributed by atoms with Crippen LogP contribution in [-0.2, 0) is 0 Å². The molecule has 0 saturated heterocycles. The summed E-state index contributed by atoms with van der Waals surface area (Å²) in [4.78, 5) is 16.8. The molecule has 4 rings (SSSR count). The molecule has 4 aromatic rings. The lowest BCUT2D eigenvalue weighted by atomic mass is 10.1. The highest BCUT2D eigenvalue weighted by atomic mass is 16.5. The van der Waals surface area contributed by atoms with Crippen LogP contribution in [0.1, 0.15) is 21.5 Å². The third-order valence-electron chi connectivity index (χ3n) is 4.86. The number of ether oxygens (including phenoxy) is 2. The zero-order valence-electron chi connectivity index (χ0n) is 17.3. The maximum atomic E-state index is 12.5. The van der Waals surface area contributed by atoms with Crippen molar-refractivity contribution >= 4 is 11.6 Å². The fraction of sp³-hybridized carbons (Fsp3) is 0.0769. The smallest absolute Gasteiger partial charge is 0.255 e. The Labute approximate surface area is 181 Å². The van der Waals surface area contributed by atoms with Gasteiger partial charge in [0.2, 0.25) is 5.88 Å². The molecule has 0 aliphatic rings. The number of aryl methyl sites for hydroxylation is 1. The van der Waals surface area contributed by atoms with Crippen LogP contribution in [0.3, 0.4) is 0 Å². The molecule has 1 N–H and O–H groups in total. The minimum absolute atomic E-state index is 0.226. The molecule has 31 heavy (non-hydrogen) atoms. The fourth-order valence-electron chi connectivity index (χ4n) is 2.96. The third-order valence-corrected chi connectivity index (χ3v) is 4.86. The number of nitrogens with one attached hydrogen (secondary N) is 1. The molecule has 0 unspecified atom stereocenters. The topological polar surface area (TPSA) is 60.5 Å². The van der Waals surface area contributed by atoms with Crippen molar-refractivity contribution in [2.24, 2.45) is 0 Å². The van der Waals surface area contributed by atoms with Gasteiger partial charge in [0.1, 0.15) is 17.2 Å². The molecule has 5 nitrogen and oxygen atoms in total. The number of amides is 1. The molecule has 0 bridgehead atoms. The van der Waals surface area contributed by atoms with Crippen LogP contribution in [0.25, 0.3) is 0 Å². The average molecular weight is 410 g/mol. The number of carbonyl (C=O) groups excluding carboxylic acids is 1. The van der Waals surface area contributed by atoms with Gasteiger partial charge in [-0.15, -0.1) is 0 Å². The largest absolute Gasteiger partial charge is 0.457 e. The highest BCUT2D eigenvalue weighted by Gasteiger charge is 2.09. The Morgan fingerprint density at radius 3 is 2.23 bits per heavy atom. The van der Waals surface area contributed by atoms with Gasteiger partial charge in [-0.3, -0.25) is 4.79 Å². The monoisotopic (exact) mass is 410 g/mol. The second-order valence-corrected chi connectivity index (χ2v) is 7.08. The molecule has 3 aromatic carbocycles. The van der Waals surface area contributed by atoms with E-state index in [9.17, 15) is 4.79 Å². The van der Waals surface area contributed by atoms with Crippen LogP contribution in [0.2, 0.25) is 0 Å². The highest BCUT2D eigenvalue weighted by molar-refractivity contribution is 6.04. The maximum Gasteiger partial charge on any atom is 0.255 e. The van der Waals surface area contributed by atoms with Gasteiger partial charge >= 0.3 is 0 Å². The molecule has 0 saturated carbocycles. The first kappa shape index (κ1) is 20.2. The second kappa shape index (κ2) is 9.13. The van der Waals surface area contributed by atoms with Crippen LogP contribution in [-0.4, -0.2) is 10.9 Å². The molecule has 0 spiro atoms. The van der Waals surface area contributed by atoms with E-state index in [0.717, 1.165) is 22.6 Å². The van der Waals surface area contributed by atoms with Crippen molar-refractivity contribution in [3.05, 3.63) is 108 Å². The summed E-state index contributed by atoms with van der Waals surface area (Å²) < 4.78 is 11.6. The van der Waals surface area contributed by atoms with Crippen LogP contribution in [0.4, 0.5) is 5.69 Å². The lowest BCUT2D eigenvalue weighted by Gasteiger charge is -2.10. The van der Waals surface area contributed by atoms with E-state index in [1.807, 2.05) is 62.4 Å². The molecule has 0 fully saturated rings. The summed E-state index contributed by atoms with van der Waals surface area (Å²) in [5.41, 5.74) is 3.34. The van der Waals surface area contributed by atoms with Gasteiger partial charge in [0.15, 0.2) is 0 Å². The minimum atomic E-state index is -0.226. The average Bonchev–Trinajstić information content (AvgIpc) is 2.79. The number of rotatable bonds is 6. The SMILES string of the molecule is Cc1cccc(Oc2ccc(NC(=O)c3ccc(Oc4ccccc4)cc3)cn2)c1C. The Hall–Kier alpha value is -4.12. The Morgan fingerprint density at radius 1 is 0.774 bits per heavy atom. The Bertz CT molecular complexity index is 1170. The van der Waals surface area contributed by atoms with Gasteiger partial charge in [-0.05, 0) is 73.5 Å².